The molecule has 1 aromatic rings. The fourth-order valence-electron chi connectivity index (χ4n) is 3.34. The average molecular weight is 289 g/mol. The number of nitrogens with one attached hydrogen (secondary N) is 1. The Balaban J connectivity index is 1.68. The van der Waals surface area contributed by atoms with Gasteiger partial charge in [0.2, 0.25) is 0 Å². The van der Waals surface area contributed by atoms with E-state index in [9.17, 15) is 9.90 Å². The van der Waals surface area contributed by atoms with Crippen molar-refractivity contribution in [3.8, 4) is 5.75 Å². The lowest BCUT2D eigenvalue weighted by Gasteiger charge is -2.15. The molecule has 2 aliphatic rings. The van der Waals surface area contributed by atoms with Crippen LogP contribution in [0.15, 0.2) is 18.2 Å². The quantitative estimate of drug-likeness (QED) is 0.896. The molecule has 0 spiro atoms. The number of aliphatic hydroxyl groups is 1. The van der Waals surface area contributed by atoms with E-state index in [0.29, 0.717) is 24.5 Å². The maximum absolute atomic E-state index is 12.0. The number of aliphatic hydroxyl groups excluding tert-OH is 1. The van der Waals surface area contributed by atoms with Gasteiger partial charge in [-0.2, -0.15) is 0 Å². The highest BCUT2D eigenvalue weighted by molar-refractivity contribution is 5.97. The van der Waals surface area contributed by atoms with Crippen molar-refractivity contribution in [3.63, 3.8) is 0 Å². The van der Waals surface area contributed by atoms with Crippen LogP contribution in [0.5, 0.6) is 5.75 Å². The number of carbonyl (C=O) groups excluding carboxylic acids is 1. The molecule has 1 heterocycles. The normalized spacial score (nSPS) is 20.3. The zero-order valence-electron chi connectivity index (χ0n) is 12.3. The molecule has 1 amide bonds. The van der Waals surface area contributed by atoms with Crippen molar-refractivity contribution in [1.82, 2.24) is 5.32 Å². The number of amides is 1. The molecule has 0 radical (unpaired) electrons. The van der Waals surface area contributed by atoms with Gasteiger partial charge in [0, 0.05) is 0 Å². The molecule has 1 aromatic carbocycles. The molecule has 0 bridgehead atoms. The van der Waals surface area contributed by atoms with Crippen LogP contribution < -0.4 is 10.1 Å². The molecule has 1 aliphatic carbocycles. The van der Waals surface area contributed by atoms with Crippen LogP contribution in [0.1, 0.15) is 60.6 Å². The van der Waals surface area contributed by atoms with Gasteiger partial charge in [0.15, 0.2) is 0 Å². The first-order valence-corrected chi connectivity index (χ1v) is 7.97. The lowest BCUT2D eigenvalue weighted by Crippen LogP contribution is -2.24. The van der Waals surface area contributed by atoms with Gasteiger partial charge < -0.3 is 15.2 Å². The summed E-state index contributed by atoms with van der Waals surface area (Å²) in [6, 6.07) is 5.44. The molecule has 114 valence electrons. The van der Waals surface area contributed by atoms with Crippen molar-refractivity contribution < 1.29 is 14.6 Å². The Bertz CT molecular complexity index is 509. The molecule has 2 N–H and O–H groups in total. The first-order chi connectivity index (χ1) is 10.2. The number of hydrogen-bond donors (Lipinski definition) is 2. The third-order valence-electron chi connectivity index (χ3n) is 4.60. The smallest absolute Gasteiger partial charge is 0.255 e. The van der Waals surface area contributed by atoms with E-state index in [4.69, 9.17) is 4.74 Å². The number of benzene rings is 1. The van der Waals surface area contributed by atoms with Gasteiger partial charge in [0.1, 0.15) is 12.4 Å². The van der Waals surface area contributed by atoms with E-state index >= 15 is 0 Å². The van der Waals surface area contributed by atoms with E-state index in [1.165, 1.54) is 25.7 Å². The van der Waals surface area contributed by atoms with Crippen molar-refractivity contribution >= 4 is 5.91 Å². The van der Waals surface area contributed by atoms with E-state index in [-0.39, 0.29) is 5.91 Å². The predicted octanol–water partition coefficient (Wildman–Crippen LogP) is 2.81. The zero-order chi connectivity index (χ0) is 14.7. The summed E-state index contributed by atoms with van der Waals surface area (Å²) in [4.78, 5) is 12.0. The number of carbonyl (C=O) groups is 1. The third kappa shape index (κ3) is 3.38. The van der Waals surface area contributed by atoms with Crippen LogP contribution in [0, 0.1) is 5.92 Å². The van der Waals surface area contributed by atoms with Crippen molar-refractivity contribution in [2.75, 3.05) is 13.2 Å². The summed E-state index contributed by atoms with van der Waals surface area (Å²) in [7, 11) is 0. The topological polar surface area (TPSA) is 58.6 Å². The molecule has 1 unspecified atom stereocenters. The predicted molar refractivity (Wildman–Crippen MR) is 80.4 cm³/mol. The van der Waals surface area contributed by atoms with Crippen LogP contribution in [0.4, 0.5) is 0 Å². The molecule has 0 aromatic heterocycles. The van der Waals surface area contributed by atoms with Gasteiger partial charge in [0.25, 0.3) is 5.91 Å². The monoisotopic (exact) mass is 289 g/mol. The van der Waals surface area contributed by atoms with Crippen LogP contribution >= 0.6 is 0 Å². The summed E-state index contributed by atoms with van der Waals surface area (Å²) in [6.07, 6.45) is 6.61. The molecule has 1 saturated carbocycles. The van der Waals surface area contributed by atoms with Crippen LogP contribution in [0.25, 0.3) is 0 Å². The molecule has 1 aliphatic heterocycles. The van der Waals surface area contributed by atoms with Gasteiger partial charge in [-0.3, -0.25) is 4.79 Å². The zero-order valence-corrected chi connectivity index (χ0v) is 12.3. The van der Waals surface area contributed by atoms with Crippen LogP contribution in [0.3, 0.4) is 0 Å². The van der Waals surface area contributed by atoms with Crippen LogP contribution in [-0.2, 0) is 0 Å². The molecule has 21 heavy (non-hydrogen) atoms. The Kier molecular flexibility index (Phi) is 4.44. The maximum atomic E-state index is 12.0. The Morgan fingerprint density at radius 1 is 1.33 bits per heavy atom. The summed E-state index contributed by atoms with van der Waals surface area (Å²) in [5.41, 5.74) is 1.34. The molecular formula is C17H23NO3. The third-order valence-corrected chi connectivity index (χ3v) is 4.60. The van der Waals surface area contributed by atoms with Gasteiger partial charge in [-0.25, -0.2) is 0 Å². The molecular weight excluding hydrogens is 266 g/mol. The van der Waals surface area contributed by atoms with E-state index in [0.717, 1.165) is 24.3 Å². The molecule has 4 nitrogen and oxygen atoms in total. The average Bonchev–Trinajstić information content (AvgIpc) is 2.95. The first kappa shape index (κ1) is 14.4. The Morgan fingerprint density at radius 3 is 2.95 bits per heavy atom. The molecule has 1 atom stereocenters. The van der Waals surface area contributed by atoms with E-state index in [2.05, 4.69) is 5.32 Å². The summed E-state index contributed by atoms with van der Waals surface area (Å²) in [5, 5.41) is 13.2. The lowest BCUT2D eigenvalue weighted by molar-refractivity contribution is 0.0956. The van der Waals surface area contributed by atoms with Crippen molar-refractivity contribution in [2.45, 2.75) is 44.6 Å². The van der Waals surface area contributed by atoms with Crippen LogP contribution in [0.2, 0.25) is 0 Å². The number of rotatable bonds is 4. The minimum Gasteiger partial charge on any atom is -0.491 e. The van der Waals surface area contributed by atoms with Crippen LogP contribution in [-0.4, -0.2) is 24.2 Å². The standard InChI is InChI=1S/C17H23NO3/c19-15(7-5-12-3-1-2-4-12)13-6-8-16-14(11-13)17(20)18-9-10-21-16/h6,8,11-12,15,19H,1-5,7,9-10H2,(H,18,20). The second-order valence-corrected chi connectivity index (χ2v) is 6.10. The fraction of sp³-hybridized carbons (Fsp3) is 0.588. The first-order valence-electron chi connectivity index (χ1n) is 7.97. The highest BCUT2D eigenvalue weighted by Gasteiger charge is 2.20. The highest BCUT2D eigenvalue weighted by atomic mass is 16.5. The highest BCUT2D eigenvalue weighted by Crippen LogP contribution is 2.32. The SMILES string of the molecule is O=C1NCCOc2ccc(C(O)CCC3CCCC3)cc21. The molecule has 4 heteroatoms. The van der Waals surface area contributed by atoms with Crippen molar-refractivity contribution in [1.29, 1.82) is 0 Å². The largest absolute Gasteiger partial charge is 0.491 e. The van der Waals surface area contributed by atoms with E-state index in [1.54, 1.807) is 12.1 Å². The summed E-state index contributed by atoms with van der Waals surface area (Å²) >= 11 is 0. The van der Waals surface area contributed by atoms with Gasteiger partial charge in [-0.05, 0) is 36.5 Å². The number of ether oxygens (including phenoxy) is 1. The molecule has 0 saturated heterocycles. The maximum Gasteiger partial charge on any atom is 0.255 e. The molecule has 3 rings (SSSR count). The van der Waals surface area contributed by atoms with Crippen molar-refractivity contribution in [2.24, 2.45) is 5.92 Å². The number of fused-ring (bicyclic) bond motifs is 1. The Labute approximate surface area is 125 Å². The minimum atomic E-state index is -0.494. The van der Waals surface area contributed by atoms with Gasteiger partial charge >= 0.3 is 0 Å². The van der Waals surface area contributed by atoms with E-state index in [1.807, 2.05) is 6.07 Å². The summed E-state index contributed by atoms with van der Waals surface area (Å²) in [6.45, 7) is 1.01. The van der Waals surface area contributed by atoms with Gasteiger partial charge in [-0.15, -0.1) is 0 Å². The van der Waals surface area contributed by atoms with Gasteiger partial charge in [0.05, 0.1) is 18.2 Å². The van der Waals surface area contributed by atoms with E-state index < -0.39 is 6.10 Å². The van der Waals surface area contributed by atoms with Gasteiger partial charge in [-0.1, -0.05) is 31.7 Å². The summed E-state index contributed by atoms with van der Waals surface area (Å²) < 4.78 is 5.53. The lowest BCUT2D eigenvalue weighted by atomic mass is 9.95. The Morgan fingerprint density at radius 2 is 2.14 bits per heavy atom. The molecule has 1 fully saturated rings. The second kappa shape index (κ2) is 6.48. The minimum absolute atomic E-state index is 0.118. The Hall–Kier alpha value is -1.55. The second-order valence-electron chi connectivity index (χ2n) is 6.10. The summed E-state index contributed by atoms with van der Waals surface area (Å²) in [5.74, 6) is 1.26. The fourth-order valence-corrected chi connectivity index (χ4v) is 3.34. The number of hydrogen-bond acceptors (Lipinski definition) is 3. The van der Waals surface area contributed by atoms with Crippen molar-refractivity contribution in [3.05, 3.63) is 29.3 Å².